The lowest BCUT2D eigenvalue weighted by atomic mass is 9.93. The van der Waals surface area contributed by atoms with E-state index >= 15 is 0 Å². The molecule has 1 unspecified atom stereocenters. The molecule has 0 amide bonds. The molecular formula is C14H20F3N. The molecule has 0 heterocycles. The second-order valence-corrected chi connectivity index (χ2v) is 4.65. The molecule has 0 saturated heterocycles. The smallest absolute Gasteiger partial charge is 0.313 e. The van der Waals surface area contributed by atoms with Gasteiger partial charge in [-0.2, -0.15) is 13.2 Å². The molecule has 0 aliphatic heterocycles. The Bertz CT molecular complexity index is 365. The van der Waals surface area contributed by atoms with Crippen molar-refractivity contribution in [2.24, 2.45) is 0 Å². The van der Waals surface area contributed by atoms with Crippen LogP contribution in [0.2, 0.25) is 0 Å². The molecule has 1 N–H and O–H groups in total. The van der Waals surface area contributed by atoms with Crippen molar-refractivity contribution in [3.8, 4) is 0 Å². The number of halogens is 3. The summed E-state index contributed by atoms with van der Waals surface area (Å²) in [6.07, 6.45) is -4.11. The van der Waals surface area contributed by atoms with E-state index in [2.05, 4.69) is 5.32 Å². The summed E-state index contributed by atoms with van der Waals surface area (Å²) >= 11 is 0. The van der Waals surface area contributed by atoms with Crippen LogP contribution in [0.1, 0.15) is 42.0 Å². The van der Waals surface area contributed by atoms with Gasteiger partial charge in [-0.1, -0.05) is 18.2 Å². The zero-order valence-electron chi connectivity index (χ0n) is 11.1. The monoisotopic (exact) mass is 259 g/mol. The summed E-state index contributed by atoms with van der Waals surface area (Å²) in [5.74, 6) is 0. The predicted molar refractivity (Wildman–Crippen MR) is 67.6 cm³/mol. The van der Waals surface area contributed by atoms with E-state index in [1.165, 1.54) is 0 Å². The third-order valence-corrected chi connectivity index (χ3v) is 3.19. The first-order valence-corrected chi connectivity index (χ1v) is 6.15. The highest BCUT2D eigenvalue weighted by atomic mass is 19.4. The maximum atomic E-state index is 12.2. The van der Waals surface area contributed by atoms with Gasteiger partial charge in [0.15, 0.2) is 0 Å². The van der Waals surface area contributed by atoms with Crippen LogP contribution in [0, 0.1) is 13.8 Å². The standard InChI is InChI=1S/C14H20F3N/c1-10-6-4-7-11(2)13(10)12(18-3)8-5-9-14(15,16)17/h4,6-7,12,18H,5,8-9H2,1-3H3. The number of alkyl halides is 3. The van der Waals surface area contributed by atoms with Crippen LogP contribution in [0.25, 0.3) is 0 Å². The fourth-order valence-corrected chi connectivity index (χ4v) is 2.32. The molecule has 18 heavy (non-hydrogen) atoms. The quantitative estimate of drug-likeness (QED) is 0.831. The van der Waals surface area contributed by atoms with E-state index in [4.69, 9.17) is 0 Å². The molecule has 1 aromatic carbocycles. The maximum Gasteiger partial charge on any atom is 0.389 e. The molecule has 1 nitrogen and oxygen atoms in total. The summed E-state index contributed by atoms with van der Waals surface area (Å²) in [7, 11) is 1.80. The SMILES string of the molecule is CNC(CCCC(F)(F)F)c1c(C)cccc1C. The topological polar surface area (TPSA) is 12.0 Å². The first-order chi connectivity index (χ1) is 8.35. The van der Waals surface area contributed by atoms with Gasteiger partial charge in [-0.15, -0.1) is 0 Å². The van der Waals surface area contributed by atoms with Crippen LogP contribution in [0.4, 0.5) is 13.2 Å². The van der Waals surface area contributed by atoms with Crippen LogP contribution in [0.15, 0.2) is 18.2 Å². The largest absolute Gasteiger partial charge is 0.389 e. The fraction of sp³-hybridized carbons (Fsp3) is 0.571. The molecule has 0 spiro atoms. The lowest BCUT2D eigenvalue weighted by Gasteiger charge is -2.21. The third kappa shape index (κ3) is 4.33. The first kappa shape index (κ1) is 15.0. The number of rotatable bonds is 5. The molecular weight excluding hydrogens is 239 g/mol. The highest BCUT2D eigenvalue weighted by Crippen LogP contribution is 2.29. The van der Waals surface area contributed by atoms with Crippen LogP contribution in [-0.4, -0.2) is 13.2 Å². The van der Waals surface area contributed by atoms with Gasteiger partial charge in [-0.3, -0.25) is 0 Å². The molecule has 102 valence electrons. The maximum absolute atomic E-state index is 12.2. The van der Waals surface area contributed by atoms with Gasteiger partial charge in [-0.05, 0) is 50.4 Å². The second-order valence-electron chi connectivity index (χ2n) is 4.65. The fourth-order valence-electron chi connectivity index (χ4n) is 2.32. The van der Waals surface area contributed by atoms with Crippen LogP contribution < -0.4 is 5.32 Å². The molecule has 0 saturated carbocycles. The summed E-state index contributed by atoms with van der Waals surface area (Å²) in [6, 6.07) is 5.96. The molecule has 0 aliphatic rings. The van der Waals surface area contributed by atoms with E-state index in [0.29, 0.717) is 6.42 Å². The van der Waals surface area contributed by atoms with Crippen molar-refractivity contribution in [2.75, 3.05) is 7.05 Å². The van der Waals surface area contributed by atoms with Crippen LogP contribution in [-0.2, 0) is 0 Å². The molecule has 1 rings (SSSR count). The normalized spacial score (nSPS) is 13.7. The number of nitrogens with one attached hydrogen (secondary N) is 1. The van der Waals surface area contributed by atoms with E-state index in [1.54, 1.807) is 7.05 Å². The van der Waals surface area contributed by atoms with Crippen LogP contribution in [0.3, 0.4) is 0 Å². The molecule has 0 aliphatic carbocycles. The minimum atomic E-state index is -4.06. The predicted octanol–water partition coefficient (Wildman–Crippen LogP) is 4.30. The van der Waals surface area contributed by atoms with Gasteiger partial charge in [0.2, 0.25) is 0 Å². The Morgan fingerprint density at radius 1 is 1.17 bits per heavy atom. The Morgan fingerprint density at radius 2 is 1.72 bits per heavy atom. The van der Waals surface area contributed by atoms with E-state index < -0.39 is 12.6 Å². The van der Waals surface area contributed by atoms with Gasteiger partial charge >= 0.3 is 6.18 Å². The Kier molecular flexibility index (Phi) is 5.20. The minimum Gasteiger partial charge on any atom is -0.313 e. The highest BCUT2D eigenvalue weighted by Gasteiger charge is 2.27. The summed E-state index contributed by atoms with van der Waals surface area (Å²) in [6.45, 7) is 3.99. The van der Waals surface area contributed by atoms with Crippen molar-refractivity contribution in [2.45, 2.75) is 45.3 Å². The van der Waals surface area contributed by atoms with E-state index in [-0.39, 0.29) is 12.5 Å². The van der Waals surface area contributed by atoms with Gasteiger partial charge in [0, 0.05) is 12.5 Å². The van der Waals surface area contributed by atoms with Crippen molar-refractivity contribution in [1.82, 2.24) is 5.32 Å². The van der Waals surface area contributed by atoms with E-state index in [1.807, 2.05) is 32.0 Å². The zero-order chi connectivity index (χ0) is 13.8. The Balaban J connectivity index is 2.72. The Hall–Kier alpha value is -1.03. The summed E-state index contributed by atoms with van der Waals surface area (Å²) in [4.78, 5) is 0. The molecule has 0 bridgehead atoms. The number of hydrogen-bond donors (Lipinski definition) is 1. The average molecular weight is 259 g/mol. The van der Waals surface area contributed by atoms with Crippen LogP contribution in [0.5, 0.6) is 0 Å². The second kappa shape index (κ2) is 6.23. The number of benzene rings is 1. The van der Waals surface area contributed by atoms with Gasteiger partial charge in [0.1, 0.15) is 0 Å². The summed E-state index contributed by atoms with van der Waals surface area (Å²) < 4.78 is 36.5. The molecule has 0 radical (unpaired) electrons. The van der Waals surface area contributed by atoms with E-state index in [0.717, 1.165) is 16.7 Å². The third-order valence-electron chi connectivity index (χ3n) is 3.19. The van der Waals surface area contributed by atoms with Crippen molar-refractivity contribution >= 4 is 0 Å². The molecule has 1 aromatic rings. The van der Waals surface area contributed by atoms with Crippen molar-refractivity contribution in [3.63, 3.8) is 0 Å². The number of hydrogen-bond acceptors (Lipinski definition) is 1. The molecule has 0 fully saturated rings. The minimum absolute atomic E-state index is 0.00597. The van der Waals surface area contributed by atoms with Crippen molar-refractivity contribution < 1.29 is 13.2 Å². The van der Waals surface area contributed by atoms with Crippen molar-refractivity contribution in [1.29, 1.82) is 0 Å². The summed E-state index contributed by atoms with van der Waals surface area (Å²) in [5.41, 5.74) is 3.38. The average Bonchev–Trinajstić information content (AvgIpc) is 2.25. The molecule has 4 heteroatoms. The Morgan fingerprint density at radius 3 is 2.17 bits per heavy atom. The lowest BCUT2D eigenvalue weighted by molar-refractivity contribution is -0.135. The van der Waals surface area contributed by atoms with Gasteiger partial charge < -0.3 is 5.32 Å². The molecule has 0 aromatic heterocycles. The summed E-state index contributed by atoms with van der Waals surface area (Å²) in [5, 5.41) is 3.12. The first-order valence-electron chi connectivity index (χ1n) is 6.15. The highest BCUT2D eigenvalue weighted by molar-refractivity contribution is 5.36. The Labute approximate surface area is 106 Å². The lowest BCUT2D eigenvalue weighted by Crippen LogP contribution is -2.19. The zero-order valence-corrected chi connectivity index (χ0v) is 11.1. The van der Waals surface area contributed by atoms with Gasteiger partial charge in [-0.25, -0.2) is 0 Å². The number of aryl methyl sites for hydroxylation is 2. The van der Waals surface area contributed by atoms with Gasteiger partial charge in [0.25, 0.3) is 0 Å². The van der Waals surface area contributed by atoms with Crippen LogP contribution >= 0.6 is 0 Å². The van der Waals surface area contributed by atoms with E-state index in [9.17, 15) is 13.2 Å². The van der Waals surface area contributed by atoms with Gasteiger partial charge in [0.05, 0.1) is 0 Å². The van der Waals surface area contributed by atoms with Crippen molar-refractivity contribution in [3.05, 3.63) is 34.9 Å². The molecule has 1 atom stereocenters.